The smallest absolute Gasteiger partial charge is 0.339 e. The van der Waals surface area contributed by atoms with Gasteiger partial charge in [0.2, 0.25) is 0 Å². The average Bonchev–Trinajstić information content (AvgIpc) is 2.46. The van der Waals surface area contributed by atoms with Crippen LogP contribution in [-0.4, -0.2) is 18.2 Å². The lowest BCUT2D eigenvalue weighted by Crippen LogP contribution is -2.04. The molecule has 2 rings (SSSR count). The first-order valence-corrected chi connectivity index (χ1v) is 7.58. The Morgan fingerprint density at radius 2 is 1.71 bits per heavy atom. The van der Waals surface area contributed by atoms with Crippen molar-refractivity contribution in [3.05, 3.63) is 56.5 Å². The highest BCUT2D eigenvalue weighted by molar-refractivity contribution is 9.10. The fraction of sp³-hybridized carbons (Fsp3) is 0.133. The van der Waals surface area contributed by atoms with E-state index in [0.717, 1.165) is 10.0 Å². The molecule has 0 spiro atoms. The SMILES string of the molecule is COc1ccc(Br)cc1COc1ccc(Br)cc1C(=O)O. The molecule has 1 N–H and O–H groups in total. The van der Waals surface area contributed by atoms with E-state index in [9.17, 15) is 9.90 Å². The third kappa shape index (κ3) is 3.98. The highest BCUT2D eigenvalue weighted by Crippen LogP contribution is 2.27. The average molecular weight is 416 g/mol. The van der Waals surface area contributed by atoms with E-state index in [4.69, 9.17) is 9.47 Å². The maximum absolute atomic E-state index is 11.2. The second kappa shape index (κ2) is 6.95. The van der Waals surface area contributed by atoms with Crippen LogP contribution in [0.1, 0.15) is 15.9 Å². The molecule has 0 fully saturated rings. The van der Waals surface area contributed by atoms with E-state index in [1.807, 2.05) is 18.2 Å². The summed E-state index contributed by atoms with van der Waals surface area (Å²) in [5, 5.41) is 9.20. The maximum atomic E-state index is 11.2. The van der Waals surface area contributed by atoms with Gasteiger partial charge in [-0.25, -0.2) is 4.79 Å². The monoisotopic (exact) mass is 414 g/mol. The van der Waals surface area contributed by atoms with Gasteiger partial charge in [-0.2, -0.15) is 0 Å². The number of ether oxygens (including phenoxy) is 2. The van der Waals surface area contributed by atoms with Gasteiger partial charge in [0.05, 0.1) is 7.11 Å². The van der Waals surface area contributed by atoms with Gasteiger partial charge in [-0.15, -0.1) is 0 Å². The number of carboxylic acids is 1. The Morgan fingerprint density at radius 1 is 1.10 bits per heavy atom. The van der Waals surface area contributed by atoms with Crippen LogP contribution >= 0.6 is 31.9 Å². The van der Waals surface area contributed by atoms with E-state index in [1.165, 1.54) is 6.07 Å². The lowest BCUT2D eigenvalue weighted by molar-refractivity contribution is 0.0691. The minimum Gasteiger partial charge on any atom is -0.496 e. The van der Waals surface area contributed by atoms with E-state index < -0.39 is 5.97 Å². The van der Waals surface area contributed by atoms with Crippen LogP contribution in [0.25, 0.3) is 0 Å². The van der Waals surface area contributed by atoms with Crippen LogP contribution < -0.4 is 9.47 Å². The number of hydrogen-bond acceptors (Lipinski definition) is 3. The number of methoxy groups -OCH3 is 1. The number of benzene rings is 2. The largest absolute Gasteiger partial charge is 0.496 e. The van der Waals surface area contributed by atoms with Crippen LogP contribution in [0.15, 0.2) is 45.3 Å². The molecular weight excluding hydrogens is 404 g/mol. The molecule has 21 heavy (non-hydrogen) atoms. The second-order valence-electron chi connectivity index (χ2n) is 4.19. The Hall–Kier alpha value is -1.53. The normalized spacial score (nSPS) is 10.2. The molecule has 2 aromatic carbocycles. The van der Waals surface area contributed by atoms with Gasteiger partial charge in [0.15, 0.2) is 0 Å². The van der Waals surface area contributed by atoms with Crippen molar-refractivity contribution < 1.29 is 19.4 Å². The van der Waals surface area contributed by atoms with Crippen LogP contribution in [-0.2, 0) is 6.61 Å². The van der Waals surface area contributed by atoms with E-state index in [2.05, 4.69) is 31.9 Å². The van der Waals surface area contributed by atoms with Crippen molar-refractivity contribution in [3.8, 4) is 11.5 Å². The molecule has 2 aromatic rings. The molecule has 0 aliphatic rings. The Kier molecular flexibility index (Phi) is 5.25. The second-order valence-corrected chi connectivity index (χ2v) is 6.02. The van der Waals surface area contributed by atoms with Crippen molar-refractivity contribution in [2.24, 2.45) is 0 Å². The van der Waals surface area contributed by atoms with E-state index >= 15 is 0 Å². The molecule has 6 heteroatoms. The molecule has 0 amide bonds. The van der Waals surface area contributed by atoms with Gasteiger partial charge in [0.1, 0.15) is 23.7 Å². The summed E-state index contributed by atoms with van der Waals surface area (Å²) in [5.41, 5.74) is 0.935. The molecule has 0 atom stereocenters. The number of carbonyl (C=O) groups is 1. The lowest BCUT2D eigenvalue weighted by atomic mass is 10.2. The van der Waals surface area contributed by atoms with Gasteiger partial charge in [-0.3, -0.25) is 0 Å². The van der Waals surface area contributed by atoms with Crippen molar-refractivity contribution in [1.29, 1.82) is 0 Å². The summed E-state index contributed by atoms with van der Waals surface area (Å²) in [4.78, 5) is 11.2. The number of halogens is 2. The predicted molar refractivity (Wildman–Crippen MR) is 86.1 cm³/mol. The zero-order valence-electron chi connectivity index (χ0n) is 11.1. The number of carboxylic acid groups (broad SMARTS) is 1. The van der Waals surface area contributed by atoms with Crippen LogP contribution in [0, 0.1) is 0 Å². The Morgan fingerprint density at radius 3 is 2.33 bits per heavy atom. The molecule has 0 heterocycles. The number of hydrogen-bond donors (Lipinski definition) is 1. The quantitative estimate of drug-likeness (QED) is 0.781. The van der Waals surface area contributed by atoms with Gasteiger partial charge < -0.3 is 14.6 Å². The molecule has 0 saturated heterocycles. The first kappa shape index (κ1) is 15.9. The van der Waals surface area contributed by atoms with Crippen molar-refractivity contribution in [1.82, 2.24) is 0 Å². The fourth-order valence-corrected chi connectivity index (χ4v) is 2.58. The summed E-state index contributed by atoms with van der Waals surface area (Å²) in [5.74, 6) is -0.0348. The Labute approximate surface area is 139 Å². The Bertz CT molecular complexity index is 671. The minimum absolute atomic E-state index is 0.110. The zero-order valence-corrected chi connectivity index (χ0v) is 14.3. The molecule has 0 aliphatic heterocycles. The van der Waals surface area contributed by atoms with Crippen molar-refractivity contribution >= 4 is 37.8 Å². The minimum atomic E-state index is -1.03. The molecular formula is C15H12Br2O4. The van der Waals surface area contributed by atoms with Crippen LogP contribution in [0.4, 0.5) is 0 Å². The maximum Gasteiger partial charge on any atom is 0.339 e. The highest BCUT2D eigenvalue weighted by atomic mass is 79.9. The first-order valence-electron chi connectivity index (χ1n) is 5.99. The fourth-order valence-electron chi connectivity index (χ4n) is 1.81. The van der Waals surface area contributed by atoms with E-state index in [0.29, 0.717) is 16.0 Å². The molecule has 0 aliphatic carbocycles. The summed E-state index contributed by atoms with van der Waals surface area (Å²) >= 11 is 6.64. The van der Waals surface area contributed by atoms with Gasteiger partial charge in [-0.05, 0) is 36.4 Å². The molecule has 0 radical (unpaired) electrons. The molecule has 0 bridgehead atoms. The molecule has 110 valence electrons. The molecule has 0 saturated carbocycles. The van der Waals surface area contributed by atoms with Gasteiger partial charge in [-0.1, -0.05) is 31.9 Å². The Balaban J connectivity index is 2.24. The molecule has 0 aromatic heterocycles. The van der Waals surface area contributed by atoms with Crippen molar-refractivity contribution in [3.63, 3.8) is 0 Å². The zero-order chi connectivity index (χ0) is 15.4. The third-order valence-corrected chi connectivity index (χ3v) is 3.78. The molecule has 4 nitrogen and oxygen atoms in total. The number of rotatable bonds is 5. The summed E-state index contributed by atoms with van der Waals surface area (Å²) < 4.78 is 12.5. The van der Waals surface area contributed by atoms with E-state index in [1.54, 1.807) is 19.2 Å². The van der Waals surface area contributed by atoms with Crippen molar-refractivity contribution in [2.75, 3.05) is 7.11 Å². The van der Waals surface area contributed by atoms with Gasteiger partial charge in [0, 0.05) is 14.5 Å². The van der Waals surface area contributed by atoms with E-state index in [-0.39, 0.29) is 12.2 Å². The number of aromatic carboxylic acids is 1. The highest BCUT2D eigenvalue weighted by Gasteiger charge is 2.13. The van der Waals surface area contributed by atoms with Crippen LogP contribution in [0.5, 0.6) is 11.5 Å². The topological polar surface area (TPSA) is 55.8 Å². The first-order chi connectivity index (χ1) is 10.0. The van der Waals surface area contributed by atoms with Crippen LogP contribution in [0.2, 0.25) is 0 Å². The summed E-state index contributed by atoms with van der Waals surface area (Å²) in [6.45, 7) is 0.213. The van der Waals surface area contributed by atoms with Gasteiger partial charge >= 0.3 is 5.97 Å². The summed E-state index contributed by atoms with van der Waals surface area (Å²) in [7, 11) is 1.58. The lowest BCUT2D eigenvalue weighted by Gasteiger charge is -2.12. The predicted octanol–water partition coefficient (Wildman–Crippen LogP) is 4.50. The standard InChI is InChI=1S/C15H12Br2O4/c1-20-13-4-2-10(16)6-9(13)8-21-14-5-3-11(17)7-12(14)15(18)19/h2-7H,8H2,1H3,(H,18,19). The van der Waals surface area contributed by atoms with Gasteiger partial charge in [0.25, 0.3) is 0 Å². The summed E-state index contributed by atoms with van der Waals surface area (Å²) in [6.07, 6.45) is 0. The van der Waals surface area contributed by atoms with Crippen molar-refractivity contribution in [2.45, 2.75) is 6.61 Å². The third-order valence-electron chi connectivity index (χ3n) is 2.80. The van der Waals surface area contributed by atoms with Crippen LogP contribution in [0.3, 0.4) is 0 Å². The molecule has 0 unspecified atom stereocenters. The summed E-state index contributed by atoms with van der Waals surface area (Å²) in [6, 6.07) is 10.4.